The van der Waals surface area contributed by atoms with Gasteiger partial charge in [0.1, 0.15) is 5.69 Å². The maximum atomic E-state index is 12.3. The number of aromatic nitrogens is 1. The summed E-state index contributed by atoms with van der Waals surface area (Å²) >= 11 is 6.09. The van der Waals surface area contributed by atoms with Gasteiger partial charge in [-0.2, -0.15) is 0 Å². The second-order valence-corrected chi connectivity index (χ2v) is 6.82. The molecule has 3 aromatic rings. The monoisotopic (exact) mass is 380 g/mol. The number of anilines is 4. The van der Waals surface area contributed by atoms with Crippen molar-refractivity contribution in [3.05, 3.63) is 77.1 Å². The van der Waals surface area contributed by atoms with Crippen LogP contribution < -0.4 is 15.5 Å². The van der Waals surface area contributed by atoms with Crippen LogP contribution in [-0.2, 0) is 0 Å². The fraction of sp³-hybridized carbons (Fsp3) is 0.143. The van der Waals surface area contributed by atoms with Gasteiger partial charge in [0.15, 0.2) is 0 Å². The van der Waals surface area contributed by atoms with Crippen molar-refractivity contribution in [3.8, 4) is 0 Å². The number of nitrogens with zero attached hydrogens (tertiary/aromatic N) is 2. The molecule has 1 heterocycles. The van der Waals surface area contributed by atoms with Crippen LogP contribution in [0.3, 0.4) is 0 Å². The number of halogens is 1. The fourth-order valence-corrected chi connectivity index (χ4v) is 2.66. The van der Waals surface area contributed by atoms with Crippen molar-refractivity contribution in [2.24, 2.45) is 0 Å². The first kappa shape index (κ1) is 18.7. The number of aryl methyl sites for hydroxylation is 1. The first-order valence-corrected chi connectivity index (χ1v) is 8.88. The van der Waals surface area contributed by atoms with Crippen LogP contribution in [0, 0.1) is 6.92 Å². The third kappa shape index (κ3) is 4.77. The molecule has 27 heavy (non-hydrogen) atoms. The Morgan fingerprint density at radius 2 is 1.63 bits per heavy atom. The van der Waals surface area contributed by atoms with E-state index in [0.29, 0.717) is 16.4 Å². The molecule has 6 heteroatoms. The molecular weight excluding hydrogens is 360 g/mol. The Hall–Kier alpha value is -3.05. The topological polar surface area (TPSA) is 57.3 Å². The van der Waals surface area contributed by atoms with E-state index in [1.165, 1.54) is 0 Å². The molecule has 0 atom stereocenters. The molecule has 0 aliphatic carbocycles. The molecule has 0 unspecified atom stereocenters. The summed E-state index contributed by atoms with van der Waals surface area (Å²) in [4.78, 5) is 18.6. The van der Waals surface area contributed by atoms with E-state index >= 15 is 0 Å². The highest BCUT2D eigenvalue weighted by molar-refractivity contribution is 6.31. The van der Waals surface area contributed by atoms with E-state index in [1.54, 1.807) is 18.3 Å². The quantitative estimate of drug-likeness (QED) is 0.646. The number of rotatable bonds is 5. The molecule has 3 rings (SSSR count). The minimum absolute atomic E-state index is 0.281. The van der Waals surface area contributed by atoms with E-state index in [0.717, 1.165) is 22.6 Å². The molecule has 1 aromatic heterocycles. The van der Waals surface area contributed by atoms with Crippen LogP contribution in [0.25, 0.3) is 0 Å². The number of carbonyl (C=O) groups excluding carboxylic acids is 1. The van der Waals surface area contributed by atoms with E-state index in [1.807, 2.05) is 68.4 Å². The minimum atomic E-state index is -0.281. The summed E-state index contributed by atoms with van der Waals surface area (Å²) in [7, 11) is 4.00. The molecule has 5 nitrogen and oxygen atoms in total. The van der Waals surface area contributed by atoms with Gasteiger partial charge in [-0.3, -0.25) is 4.79 Å². The number of benzene rings is 2. The number of carbonyl (C=O) groups is 1. The lowest BCUT2D eigenvalue weighted by Gasteiger charge is -2.13. The summed E-state index contributed by atoms with van der Waals surface area (Å²) in [5.41, 5.74) is 4.82. The van der Waals surface area contributed by atoms with Crippen molar-refractivity contribution < 1.29 is 4.79 Å². The van der Waals surface area contributed by atoms with Gasteiger partial charge in [0.25, 0.3) is 5.91 Å². The summed E-state index contributed by atoms with van der Waals surface area (Å²) in [5.74, 6) is -0.281. The van der Waals surface area contributed by atoms with Crippen molar-refractivity contribution in [3.63, 3.8) is 0 Å². The van der Waals surface area contributed by atoms with Crippen LogP contribution in [-0.4, -0.2) is 25.0 Å². The first-order chi connectivity index (χ1) is 12.9. The number of nitrogens with one attached hydrogen (secondary N) is 2. The van der Waals surface area contributed by atoms with Gasteiger partial charge in [-0.25, -0.2) is 4.98 Å². The Balaban J connectivity index is 1.65. The SMILES string of the molecule is Cc1ccc(NC(=O)c2ccc(Nc3ccc(N(C)C)cc3)cn2)cc1Cl. The Labute approximate surface area is 164 Å². The largest absolute Gasteiger partial charge is 0.378 e. The molecular formula is C21H21ClN4O. The predicted octanol–water partition coefficient (Wildman–Crippen LogP) is 5.11. The molecule has 0 aliphatic heterocycles. The van der Waals surface area contributed by atoms with Gasteiger partial charge in [-0.05, 0) is 61.0 Å². The normalized spacial score (nSPS) is 10.4. The average molecular weight is 381 g/mol. The van der Waals surface area contributed by atoms with Crippen LogP contribution in [0.1, 0.15) is 16.1 Å². The lowest BCUT2D eigenvalue weighted by atomic mass is 10.2. The van der Waals surface area contributed by atoms with Crippen molar-refractivity contribution >= 4 is 40.3 Å². The fourth-order valence-electron chi connectivity index (χ4n) is 2.48. The van der Waals surface area contributed by atoms with E-state index in [4.69, 9.17) is 11.6 Å². The number of hydrogen-bond acceptors (Lipinski definition) is 4. The summed E-state index contributed by atoms with van der Waals surface area (Å²) < 4.78 is 0. The van der Waals surface area contributed by atoms with Gasteiger partial charge in [0.05, 0.1) is 11.9 Å². The van der Waals surface area contributed by atoms with E-state index in [9.17, 15) is 4.79 Å². The van der Waals surface area contributed by atoms with Crippen LogP contribution in [0.4, 0.5) is 22.7 Å². The van der Waals surface area contributed by atoms with E-state index in [-0.39, 0.29) is 5.91 Å². The van der Waals surface area contributed by atoms with Crippen molar-refractivity contribution in [2.75, 3.05) is 29.6 Å². The van der Waals surface area contributed by atoms with Crippen LogP contribution in [0.5, 0.6) is 0 Å². The molecule has 0 radical (unpaired) electrons. The predicted molar refractivity (Wildman–Crippen MR) is 112 cm³/mol. The molecule has 0 saturated heterocycles. The van der Waals surface area contributed by atoms with E-state index in [2.05, 4.69) is 15.6 Å². The molecule has 0 aliphatic rings. The highest BCUT2D eigenvalue weighted by Gasteiger charge is 2.09. The van der Waals surface area contributed by atoms with Gasteiger partial charge >= 0.3 is 0 Å². The van der Waals surface area contributed by atoms with Gasteiger partial charge in [0, 0.05) is 36.2 Å². The zero-order chi connectivity index (χ0) is 19.4. The zero-order valence-corrected chi connectivity index (χ0v) is 16.2. The molecule has 0 saturated carbocycles. The Morgan fingerprint density at radius 3 is 2.22 bits per heavy atom. The molecule has 0 fully saturated rings. The second kappa shape index (κ2) is 8.10. The lowest BCUT2D eigenvalue weighted by molar-refractivity contribution is 0.102. The zero-order valence-electron chi connectivity index (χ0n) is 15.5. The third-order valence-corrected chi connectivity index (χ3v) is 4.51. The average Bonchev–Trinajstić information content (AvgIpc) is 2.66. The summed E-state index contributed by atoms with van der Waals surface area (Å²) in [5, 5.41) is 6.68. The van der Waals surface area contributed by atoms with E-state index < -0.39 is 0 Å². The second-order valence-electron chi connectivity index (χ2n) is 6.42. The summed E-state index contributed by atoms with van der Waals surface area (Å²) in [6.45, 7) is 1.91. The van der Waals surface area contributed by atoms with Gasteiger partial charge in [-0.15, -0.1) is 0 Å². The van der Waals surface area contributed by atoms with Crippen LogP contribution >= 0.6 is 11.6 Å². The number of pyridine rings is 1. The Morgan fingerprint density at radius 1 is 0.963 bits per heavy atom. The minimum Gasteiger partial charge on any atom is -0.378 e. The highest BCUT2D eigenvalue weighted by atomic mass is 35.5. The van der Waals surface area contributed by atoms with Gasteiger partial charge in [0.2, 0.25) is 0 Å². The smallest absolute Gasteiger partial charge is 0.274 e. The lowest BCUT2D eigenvalue weighted by Crippen LogP contribution is -2.13. The molecule has 0 spiro atoms. The van der Waals surface area contributed by atoms with Crippen molar-refractivity contribution in [1.82, 2.24) is 4.98 Å². The Bertz CT molecular complexity index is 937. The molecule has 2 N–H and O–H groups in total. The molecule has 1 amide bonds. The van der Waals surface area contributed by atoms with Crippen molar-refractivity contribution in [2.45, 2.75) is 6.92 Å². The first-order valence-electron chi connectivity index (χ1n) is 8.50. The summed E-state index contributed by atoms with van der Waals surface area (Å²) in [6, 6.07) is 17.0. The molecule has 138 valence electrons. The van der Waals surface area contributed by atoms with Crippen molar-refractivity contribution in [1.29, 1.82) is 0 Å². The standard InChI is InChI=1S/C21H21ClN4O/c1-14-4-5-16(12-19(14)22)25-21(27)20-11-8-17(13-23-20)24-15-6-9-18(10-7-15)26(2)3/h4-13,24H,1-3H3,(H,25,27). The summed E-state index contributed by atoms with van der Waals surface area (Å²) in [6.07, 6.45) is 1.64. The molecule has 0 bridgehead atoms. The maximum absolute atomic E-state index is 12.3. The van der Waals surface area contributed by atoms with Gasteiger partial charge in [-0.1, -0.05) is 17.7 Å². The number of hydrogen-bond donors (Lipinski definition) is 2. The maximum Gasteiger partial charge on any atom is 0.274 e. The van der Waals surface area contributed by atoms with Gasteiger partial charge < -0.3 is 15.5 Å². The number of amides is 1. The molecule has 2 aromatic carbocycles. The Kier molecular flexibility index (Phi) is 5.62. The highest BCUT2D eigenvalue weighted by Crippen LogP contribution is 2.21. The van der Waals surface area contributed by atoms with Crippen LogP contribution in [0.2, 0.25) is 5.02 Å². The van der Waals surface area contributed by atoms with Crippen LogP contribution in [0.15, 0.2) is 60.8 Å². The third-order valence-electron chi connectivity index (χ3n) is 4.10.